The molecule has 0 aliphatic heterocycles. The van der Waals surface area contributed by atoms with E-state index in [2.05, 4.69) is 5.32 Å². The smallest absolute Gasteiger partial charge is 0.146 e. The first kappa shape index (κ1) is 10.1. The molecule has 1 aromatic rings. The molecule has 0 amide bonds. The molecule has 0 bridgehead atoms. The van der Waals surface area contributed by atoms with Gasteiger partial charge in [-0.1, -0.05) is 0 Å². The van der Waals surface area contributed by atoms with E-state index in [1.54, 1.807) is 0 Å². The van der Waals surface area contributed by atoms with E-state index in [0.717, 1.165) is 6.07 Å². The molecule has 1 aromatic carbocycles. The summed E-state index contributed by atoms with van der Waals surface area (Å²) >= 11 is 0. The van der Waals surface area contributed by atoms with E-state index < -0.39 is 0 Å². The van der Waals surface area contributed by atoms with Crippen LogP contribution in [0.5, 0.6) is 0 Å². The van der Waals surface area contributed by atoms with Crippen molar-refractivity contribution in [1.82, 2.24) is 0 Å². The number of hydrogen-bond donors (Lipinski definition) is 1. The molecule has 2 fully saturated rings. The fourth-order valence-corrected chi connectivity index (χ4v) is 2.32. The van der Waals surface area contributed by atoms with Crippen molar-refractivity contribution < 1.29 is 8.78 Å². The molecule has 0 heterocycles. The highest BCUT2D eigenvalue weighted by Crippen LogP contribution is 2.46. The minimum atomic E-state index is -0.380. The van der Waals surface area contributed by atoms with Gasteiger partial charge < -0.3 is 5.32 Å². The van der Waals surface area contributed by atoms with Crippen molar-refractivity contribution in [2.45, 2.75) is 31.7 Å². The number of rotatable bonds is 4. The zero-order chi connectivity index (χ0) is 11.1. The maximum Gasteiger partial charge on any atom is 0.146 e. The van der Waals surface area contributed by atoms with Gasteiger partial charge in [-0.15, -0.1) is 0 Å². The van der Waals surface area contributed by atoms with Crippen LogP contribution in [0.1, 0.15) is 25.7 Å². The van der Waals surface area contributed by atoms with Crippen LogP contribution in [0.25, 0.3) is 0 Å². The third kappa shape index (κ3) is 2.04. The minimum Gasteiger partial charge on any atom is -0.379 e. The molecule has 2 saturated carbocycles. The van der Waals surface area contributed by atoms with Gasteiger partial charge in [0.1, 0.15) is 11.6 Å². The second kappa shape index (κ2) is 3.72. The van der Waals surface area contributed by atoms with E-state index in [0.29, 0.717) is 23.6 Å². The summed E-state index contributed by atoms with van der Waals surface area (Å²) in [4.78, 5) is 0. The van der Waals surface area contributed by atoms with Crippen LogP contribution in [0.3, 0.4) is 0 Å². The van der Waals surface area contributed by atoms with Crippen molar-refractivity contribution in [1.29, 1.82) is 0 Å². The molecule has 0 spiro atoms. The number of benzene rings is 1. The lowest BCUT2D eigenvalue weighted by atomic mass is 10.1. The number of halogens is 2. The summed E-state index contributed by atoms with van der Waals surface area (Å²) in [6, 6.07) is 3.96. The molecule has 0 atom stereocenters. The van der Waals surface area contributed by atoms with Crippen LogP contribution in [-0.4, -0.2) is 6.04 Å². The van der Waals surface area contributed by atoms with Crippen molar-refractivity contribution in [2.24, 2.45) is 11.8 Å². The van der Waals surface area contributed by atoms with Gasteiger partial charge in [-0.25, -0.2) is 8.78 Å². The van der Waals surface area contributed by atoms with Gasteiger partial charge in [-0.3, -0.25) is 0 Å². The Morgan fingerprint density at radius 1 is 1.06 bits per heavy atom. The SMILES string of the molecule is Fc1ccc(F)c(NC(C2CC2)C2CC2)c1. The predicted octanol–water partition coefficient (Wildman–Crippen LogP) is 3.57. The van der Waals surface area contributed by atoms with Gasteiger partial charge in [-0.05, 0) is 55.7 Å². The van der Waals surface area contributed by atoms with E-state index in [9.17, 15) is 8.78 Å². The Morgan fingerprint density at radius 3 is 2.25 bits per heavy atom. The molecule has 0 radical (unpaired) electrons. The minimum absolute atomic E-state index is 0.323. The van der Waals surface area contributed by atoms with E-state index in [4.69, 9.17) is 0 Å². The summed E-state index contributed by atoms with van der Waals surface area (Å²) in [7, 11) is 0. The lowest BCUT2D eigenvalue weighted by molar-refractivity contribution is 0.553. The molecule has 0 aromatic heterocycles. The van der Waals surface area contributed by atoms with Crippen molar-refractivity contribution in [3.8, 4) is 0 Å². The zero-order valence-electron chi connectivity index (χ0n) is 9.05. The molecule has 16 heavy (non-hydrogen) atoms. The van der Waals surface area contributed by atoms with E-state index >= 15 is 0 Å². The van der Waals surface area contributed by atoms with Crippen molar-refractivity contribution in [2.75, 3.05) is 5.32 Å². The molecule has 2 aliphatic carbocycles. The van der Waals surface area contributed by atoms with Gasteiger partial charge in [0, 0.05) is 6.04 Å². The van der Waals surface area contributed by atoms with E-state index in [1.165, 1.54) is 37.8 Å². The molecule has 1 N–H and O–H groups in total. The average molecular weight is 223 g/mol. The van der Waals surface area contributed by atoms with Gasteiger partial charge in [0.2, 0.25) is 0 Å². The highest BCUT2D eigenvalue weighted by Gasteiger charge is 2.41. The Hall–Kier alpha value is -1.12. The van der Waals surface area contributed by atoms with Crippen LogP contribution in [0.2, 0.25) is 0 Å². The van der Waals surface area contributed by atoms with Crippen molar-refractivity contribution in [3.63, 3.8) is 0 Å². The fourth-order valence-electron chi connectivity index (χ4n) is 2.32. The fraction of sp³-hybridized carbons (Fsp3) is 0.538. The summed E-state index contributed by atoms with van der Waals surface area (Å²) < 4.78 is 26.5. The van der Waals surface area contributed by atoms with Crippen LogP contribution in [0, 0.1) is 23.5 Å². The Morgan fingerprint density at radius 2 is 1.69 bits per heavy atom. The highest BCUT2D eigenvalue weighted by atomic mass is 19.1. The first-order chi connectivity index (χ1) is 7.74. The second-order valence-corrected chi connectivity index (χ2v) is 4.97. The summed E-state index contributed by atoms with van der Waals surface area (Å²) in [5.41, 5.74) is 0.323. The molecule has 3 heteroatoms. The van der Waals surface area contributed by atoms with Crippen molar-refractivity contribution in [3.05, 3.63) is 29.8 Å². The van der Waals surface area contributed by atoms with Crippen LogP contribution in [0.4, 0.5) is 14.5 Å². The first-order valence-electron chi connectivity index (χ1n) is 5.95. The summed E-state index contributed by atoms with van der Waals surface area (Å²) in [6.07, 6.45) is 4.91. The van der Waals surface area contributed by atoms with E-state index in [-0.39, 0.29) is 11.6 Å². The Labute approximate surface area is 93.9 Å². The molecule has 86 valence electrons. The van der Waals surface area contributed by atoms with Crippen molar-refractivity contribution >= 4 is 5.69 Å². The molecular weight excluding hydrogens is 208 g/mol. The van der Waals surface area contributed by atoms with Crippen LogP contribution in [0.15, 0.2) is 18.2 Å². The maximum atomic E-state index is 13.5. The molecule has 0 unspecified atom stereocenters. The third-order valence-electron chi connectivity index (χ3n) is 3.51. The quantitative estimate of drug-likeness (QED) is 0.822. The molecule has 0 saturated heterocycles. The number of nitrogens with one attached hydrogen (secondary N) is 1. The van der Waals surface area contributed by atoms with Gasteiger partial charge in [0.15, 0.2) is 0 Å². The molecule has 3 rings (SSSR count). The summed E-state index contributed by atoms with van der Waals surface area (Å²) in [5, 5.41) is 3.20. The van der Waals surface area contributed by atoms with E-state index in [1.807, 2.05) is 0 Å². The summed E-state index contributed by atoms with van der Waals surface area (Å²) in [5.74, 6) is 0.618. The number of hydrogen-bond acceptors (Lipinski definition) is 1. The lowest BCUT2D eigenvalue weighted by Crippen LogP contribution is -2.24. The molecular formula is C13H15F2N. The first-order valence-corrected chi connectivity index (χ1v) is 5.95. The largest absolute Gasteiger partial charge is 0.379 e. The number of anilines is 1. The highest BCUT2D eigenvalue weighted by molar-refractivity contribution is 5.46. The Kier molecular flexibility index (Phi) is 2.34. The second-order valence-electron chi connectivity index (χ2n) is 4.97. The normalized spacial score (nSPS) is 20.2. The van der Waals surface area contributed by atoms with Gasteiger partial charge in [0.25, 0.3) is 0 Å². The third-order valence-corrected chi connectivity index (χ3v) is 3.51. The monoisotopic (exact) mass is 223 g/mol. The van der Waals surface area contributed by atoms with Crippen LogP contribution in [-0.2, 0) is 0 Å². The molecule has 2 aliphatic rings. The molecule has 1 nitrogen and oxygen atoms in total. The van der Waals surface area contributed by atoms with Crippen LogP contribution < -0.4 is 5.32 Å². The Bertz CT molecular complexity index is 385. The summed E-state index contributed by atoms with van der Waals surface area (Å²) in [6.45, 7) is 0. The maximum absolute atomic E-state index is 13.5. The van der Waals surface area contributed by atoms with Gasteiger partial charge in [-0.2, -0.15) is 0 Å². The lowest BCUT2D eigenvalue weighted by Gasteiger charge is -2.19. The van der Waals surface area contributed by atoms with Crippen LogP contribution >= 0.6 is 0 Å². The zero-order valence-corrected chi connectivity index (χ0v) is 9.05. The topological polar surface area (TPSA) is 12.0 Å². The standard InChI is InChI=1S/C13H15F2N/c14-10-5-6-11(15)12(7-10)16-13(8-1-2-8)9-3-4-9/h5-9,13,16H,1-4H2. The predicted molar refractivity (Wildman–Crippen MR) is 59.2 cm³/mol. The van der Waals surface area contributed by atoms with Gasteiger partial charge >= 0.3 is 0 Å². The average Bonchev–Trinajstić information content (AvgIpc) is 3.13. The Balaban J connectivity index is 1.78. The van der Waals surface area contributed by atoms with Gasteiger partial charge in [0.05, 0.1) is 5.69 Å².